The summed E-state index contributed by atoms with van der Waals surface area (Å²) in [7, 11) is 0. The zero-order valence-corrected chi connectivity index (χ0v) is 16.1. The molecule has 4 heterocycles. The summed E-state index contributed by atoms with van der Waals surface area (Å²) < 4.78 is 1.99. The van der Waals surface area contributed by atoms with Crippen LogP contribution in [0.25, 0.3) is 16.9 Å². The Balaban J connectivity index is 1.59. The maximum absolute atomic E-state index is 9.24. The van der Waals surface area contributed by atoms with Crippen LogP contribution in [0.4, 0.5) is 11.8 Å². The van der Waals surface area contributed by atoms with Gasteiger partial charge in [-0.1, -0.05) is 24.3 Å². The molecule has 0 saturated carbocycles. The predicted molar refractivity (Wildman–Crippen MR) is 111 cm³/mol. The van der Waals surface area contributed by atoms with Crippen LogP contribution < -0.4 is 10.2 Å². The van der Waals surface area contributed by atoms with E-state index in [-0.39, 0.29) is 6.61 Å². The van der Waals surface area contributed by atoms with Crippen LogP contribution in [-0.2, 0) is 13.0 Å². The third-order valence-corrected chi connectivity index (χ3v) is 5.66. The number of hydrogen-bond acceptors (Lipinski definition) is 7. The Labute approximate surface area is 166 Å². The Morgan fingerprint density at radius 3 is 2.86 bits per heavy atom. The second-order valence-electron chi connectivity index (χ2n) is 6.73. The van der Waals surface area contributed by atoms with Crippen molar-refractivity contribution in [3.8, 4) is 5.69 Å². The number of aliphatic hydroxyl groups excluding tert-OH is 1. The van der Waals surface area contributed by atoms with Crippen LogP contribution in [0, 0.1) is 0 Å². The fourth-order valence-corrected chi connectivity index (χ4v) is 4.21. The van der Waals surface area contributed by atoms with Gasteiger partial charge in [-0.3, -0.25) is 4.57 Å². The fraction of sp³-hybridized carbons (Fsp3) is 0.250. The quantitative estimate of drug-likeness (QED) is 0.544. The van der Waals surface area contributed by atoms with Crippen LogP contribution in [-0.4, -0.2) is 44.3 Å². The van der Waals surface area contributed by atoms with Crippen LogP contribution in [0.1, 0.15) is 11.1 Å². The minimum Gasteiger partial charge on any atom is -0.395 e. The third kappa shape index (κ3) is 3.00. The molecule has 5 rings (SSSR count). The molecule has 0 fully saturated rings. The molecule has 0 unspecified atom stereocenters. The molecule has 1 aliphatic heterocycles. The lowest BCUT2D eigenvalue weighted by molar-refractivity contribution is 0.311. The first-order valence-electron chi connectivity index (χ1n) is 9.27. The Morgan fingerprint density at radius 1 is 1.14 bits per heavy atom. The van der Waals surface area contributed by atoms with Crippen molar-refractivity contribution in [2.45, 2.75) is 13.0 Å². The van der Waals surface area contributed by atoms with Gasteiger partial charge in [-0.15, -0.1) is 0 Å². The summed E-state index contributed by atoms with van der Waals surface area (Å²) in [6, 6.07) is 10.6. The maximum Gasteiger partial charge on any atom is 0.229 e. The molecular weight excluding hydrogens is 372 g/mol. The highest BCUT2D eigenvalue weighted by Gasteiger charge is 2.21. The highest BCUT2D eigenvalue weighted by molar-refractivity contribution is 7.08. The van der Waals surface area contributed by atoms with E-state index in [1.165, 1.54) is 11.1 Å². The Bertz CT molecular complexity index is 1110. The van der Waals surface area contributed by atoms with E-state index in [1.807, 2.05) is 16.0 Å². The highest BCUT2D eigenvalue weighted by Crippen LogP contribution is 2.28. The molecule has 0 radical (unpaired) electrons. The maximum atomic E-state index is 9.24. The molecule has 8 heteroatoms. The van der Waals surface area contributed by atoms with Crippen molar-refractivity contribution in [3.05, 3.63) is 58.5 Å². The highest BCUT2D eigenvalue weighted by atomic mass is 32.1. The molecule has 28 heavy (non-hydrogen) atoms. The topological polar surface area (TPSA) is 79.1 Å². The van der Waals surface area contributed by atoms with Crippen LogP contribution in [0.2, 0.25) is 0 Å². The number of anilines is 2. The molecule has 0 bridgehead atoms. The molecule has 1 aromatic carbocycles. The lowest BCUT2D eigenvalue weighted by atomic mass is 10.0. The molecule has 7 nitrogen and oxygen atoms in total. The number of aliphatic hydroxyl groups is 1. The number of benzene rings is 1. The van der Waals surface area contributed by atoms with Crippen LogP contribution in [0.5, 0.6) is 0 Å². The van der Waals surface area contributed by atoms with Gasteiger partial charge < -0.3 is 15.3 Å². The first-order chi connectivity index (χ1) is 13.8. The SMILES string of the molecule is OCCNc1nc(N2CCc3ccccc3C2)nc2c1ncn2-c1ccsc1. The number of nitrogens with zero attached hydrogens (tertiary/aromatic N) is 5. The molecule has 0 amide bonds. The molecule has 0 spiro atoms. The number of thiophene rings is 1. The van der Waals surface area contributed by atoms with Gasteiger partial charge in [-0.25, -0.2) is 4.98 Å². The summed E-state index contributed by atoms with van der Waals surface area (Å²) >= 11 is 1.64. The first-order valence-corrected chi connectivity index (χ1v) is 10.2. The molecule has 0 saturated heterocycles. The van der Waals surface area contributed by atoms with E-state index < -0.39 is 0 Å². The monoisotopic (exact) mass is 392 g/mol. The molecule has 0 atom stereocenters. The lowest BCUT2D eigenvalue weighted by Gasteiger charge is -2.29. The van der Waals surface area contributed by atoms with Gasteiger partial charge in [0.25, 0.3) is 0 Å². The standard InChI is InChI=1S/C20H20N6OS/c27-9-7-21-18-17-19(26(13-22-17)16-6-10-28-12-16)24-20(23-18)25-8-5-14-3-1-2-4-15(14)11-25/h1-4,6,10,12-13,27H,5,7-9,11H2,(H,21,23,24). The molecular formula is C20H20N6OS. The minimum absolute atomic E-state index is 0.0309. The van der Waals surface area contributed by atoms with E-state index in [0.717, 1.165) is 30.8 Å². The largest absolute Gasteiger partial charge is 0.395 e. The average molecular weight is 392 g/mol. The minimum atomic E-state index is 0.0309. The van der Waals surface area contributed by atoms with E-state index in [1.54, 1.807) is 17.7 Å². The summed E-state index contributed by atoms with van der Waals surface area (Å²) in [5.74, 6) is 1.33. The van der Waals surface area contributed by atoms with E-state index in [0.29, 0.717) is 23.8 Å². The number of nitrogens with one attached hydrogen (secondary N) is 1. The summed E-state index contributed by atoms with van der Waals surface area (Å²) in [5.41, 5.74) is 5.22. The van der Waals surface area contributed by atoms with Gasteiger partial charge in [0, 0.05) is 25.0 Å². The number of imidazole rings is 1. The van der Waals surface area contributed by atoms with Gasteiger partial charge in [-0.05, 0) is 29.0 Å². The Hall–Kier alpha value is -2.97. The second-order valence-corrected chi connectivity index (χ2v) is 7.51. The van der Waals surface area contributed by atoms with E-state index >= 15 is 0 Å². The molecule has 2 N–H and O–H groups in total. The predicted octanol–water partition coefficient (Wildman–Crippen LogP) is 2.84. The smallest absolute Gasteiger partial charge is 0.229 e. The van der Waals surface area contributed by atoms with E-state index in [9.17, 15) is 5.11 Å². The average Bonchev–Trinajstić information content (AvgIpc) is 3.41. The molecule has 3 aromatic heterocycles. The lowest BCUT2D eigenvalue weighted by Crippen LogP contribution is -2.32. The van der Waals surface area contributed by atoms with E-state index in [2.05, 4.69) is 44.8 Å². The van der Waals surface area contributed by atoms with Crippen LogP contribution in [0.15, 0.2) is 47.4 Å². The van der Waals surface area contributed by atoms with Crippen molar-refractivity contribution in [2.75, 3.05) is 29.9 Å². The summed E-state index contributed by atoms with van der Waals surface area (Å²) in [5, 5.41) is 16.5. The number of hydrogen-bond donors (Lipinski definition) is 2. The van der Waals surface area contributed by atoms with Crippen molar-refractivity contribution >= 4 is 34.3 Å². The van der Waals surface area contributed by atoms with Crippen LogP contribution in [0.3, 0.4) is 0 Å². The van der Waals surface area contributed by atoms with Gasteiger partial charge in [0.2, 0.25) is 5.95 Å². The van der Waals surface area contributed by atoms with E-state index in [4.69, 9.17) is 9.97 Å². The van der Waals surface area contributed by atoms with Crippen molar-refractivity contribution in [1.29, 1.82) is 0 Å². The first kappa shape index (κ1) is 17.2. The molecule has 1 aliphatic rings. The molecule has 142 valence electrons. The summed E-state index contributed by atoms with van der Waals surface area (Å²) in [6.45, 7) is 2.10. The van der Waals surface area contributed by atoms with Crippen molar-refractivity contribution in [2.24, 2.45) is 0 Å². The van der Waals surface area contributed by atoms with Gasteiger partial charge in [0.05, 0.1) is 12.3 Å². The summed E-state index contributed by atoms with van der Waals surface area (Å²) in [4.78, 5) is 16.4. The molecule has 4 aromatic rings. The van der Waals surface area contributed by atoms with Gasteiger partial charge in [0.15, 0.2) is 17.0 Å². The van der Waals surface area contributed by atoms with Crippen molar-refractivity contribution in [1.82, 2.24) is 19.5 Å². The molecule has 0 aliphatic carbocycles. The second kappa shape index (κ2) is 7.21. The Kier molecular flexibility index (Phi) is 4.42. The van der Waals surface area contributed by atoms with Crippen molar-refractivity contribution in [3.63, 3.8) is 0 Å². The third-order valence-electron chi connectivity index (χ3n) is 4.99. The zero-order valence-electron chi connectivity index (χ0n) is 15.2. The van der Waals surface area contributed by atoms with Gasteiger partial charge in [0.1, 0.15) is 6.33 Å². The van der Waals surface area contributed by atoms with Gasteiger partial charge in [-0.2, -0.15) is 21.3 Å². The number of fused-ring (bicyclic) bond motifs is 2. The normalized spacial score (nSPS) is 13.7. The zero-order chi connectivity index (χ0) is 18.9. The van der Waals surface area contributed by atoms with Gasteiger partial charge >= 0.3 is 0 Å². The van der Waals surface area contributed by atoms with Crippen LogP contribution >= 0.6 is 11.3 Å². The van der Waals surface area contributed by atoms with Crippen molar-refractivity contribution < 1.29 is 5.11 Å². The number of rotatable bonds is 5. The Morgan fingerprint density at radius 2 is 2.04 bits per heavy atom. The summed E-state index contributed by atoms with van der Waals surface area (Å²) in [6.07, 6.45) is 2.75. The number of aromatic nitrogens is 4. The fourth-order valence-electron chi connectivity index (χ4n) is 3.58.